The Kier molecular flexibility index (Phi) is 2.40. The average molecular weight is 219 g/mol. The molecule has 1 saturated heterocycles. The van der Waals surface area contributed by atoms with Crippen LogP contribution in [-0.4, -0.2) is 13.1 Å². The molecular weight excluding hydrogens is 205 g/mol. The normalized spacial score (nSPS) is 18.1. The van der Waals surface area contributed by atoms with Gasteiger partial charge in [-0.05, 0) is 50.0 Å². The van der Waals surface area contributed by atoms with E-state index in [-0.39, 0.29) is 5.82 Å². The fourth-order valence-electron chi connectivity index (χ4n) is 2.51. The molecule has 0 atom stereocenters. The summed E-state index contributed by atoms with van der Waals surface area (Å²) in [6, 6.07) is 4.98. The van der Waals surface area contributed by atoms with E-state index < -0.39 is 0 Å². The fourth-order valence-corrected chi connectivity index (χ4v) is 2.51. The lowest BCUT2D eigenvalue weighted by Crippen LogP contribution is -2.26. The van der Waals surface area contributed by atoms with Crippen molar-refractivity contribution in [2.24, 2.45) is 0 Å². The zero-order valence-corrected chi connectivity index (χ0v) is 9.00. The van der Waals surface area contributed by atoms with Crippen LogP contribution in [0.3, 0.4) is 0 Å². The van der Waals surface area contributed by atoms with E-state index in [0.717, 1.165) is 42.5 Å². The average Bonchev–Trinajstić information content (AvgIpc) is 2.77. The van der Waals surface area contributed by atoms with Gasteiger partial charge in [-0.25, -0.2) is 4.39 Å². The molecule has 2 aromatic rings. The maximum absolute atomic E-state index is 13.5. The summed E-state index contributed by atoms with van der Waals surface area (Å²) in [5.74, 6) is 0.257. The number of piperidine rings is 1. The summed E-state index contributed by atoms with van der Waals surface area (Å²) in [4.78, 5) is 0. The van der Waals surface area contributed by atoms with Crippen molar-refractivity contribution in [2.75, 3.05) is 13.1 Å². The number of fused-ring (bicyclic) bond motifs is 1. The summed E-state index contributed by atoms with van der Waals surface area (Å²) in [6.45, 7) is 2.01. The van der Waals surface area contributed by atoms with Gasteiger partial charge in [-0.2, -0.15) is 0 Å². The molecule has 0 aliphatic carbocycles. The standard InChI is InChI=1S/C13H14FNO/c14-11-7-10-3-6-16-13(10)12(8-11)9-1-4-15-5-2-9/h3,6-9,15H,1-2,4-5H2. The van der Waals surface area contributed by atoms with Crippen molar-refractivity contribution in [3.63, 3.8) is 0 Å². The molecule has 1 aromatic heterocycles. The van der Waals surface area contributed by atoms with Gasteiger partial charge in [-0.15, -0.1) is 0 Å². The molecule has 1 aliphatic rings. The molecule has 1 aromatic carbocycles. The van der Waals surface area contributed by atoms with Crippen molar-refractivity contribution in [1.82, 2.24) is 5.32 Å². The molecule has 0 unspecified atom stereocenters. The molecule has 0 bridgehead atoms. The molecule has 0 amide bonds. The summed E-state index contributed by atoms with van der Waals surface area (Å²) in [5.41, 5.74) is 1.88. The third kappa shape index (κ3) is 1.61. The van der Waals surface area contributed by atoms with E-state index in [1.807, 2.05) is 6.07 Å². The van der Waals surface area contributed by atoms with E-state index in [4.69, 9.17) is 4.42 Å². The first-order valence-corrected chi connectivity index (χ1v) is 5.72. The Morgan fingerprint density at radius 3 is 2.88 bits per heavy atom. The highest BCUT2D eigenvalue weighted by atomic mass is 19.1. The highest BCUT2D eigenvalue weighted by molar-refractivity contribution is 5.81. The third-order valence-corrected chi connectivity index (χ3v) is 3.32. The van der Waals surface area contributed by atoms with E-state index in [1.165, 1.54) is 6.07 Å². The molecule has 2 heterocycles. The molecule has 3 rings (SSSR count). The zero-order chi connectivity index (χ0) is 11.0. The zero-order valence-electron chi connectivity index (χ0n) is 9.00. The first kappa shape index (κ1) is 9.85. The number of furan rings is 1. The minimum absolute atomic E-state index is 0.164. The second-order valence-electron chi connectivity index (χ2n) is 4.36. The van der Waals surface area contributed by atoms with Crippen LogP contribution in [0.15, 0.2) is 28.9 Å². The van der Waals surface area contributed by atoms with E-state index in [1.54, 1.807) is 12.3 Å². The molecule has 16 heavy (non-hydrogen) atoms. The molecule has 0 spiro atoms. The fraction of sp³-hybridized carbons (Fsp3) is 0.385. The molecule has 0 radical (unpaired) electrons. The molecule has 84 valence electrons. The van der Waals surface area contributed by atoms with Crippen molar-refractivity contribution >= 4 is 11.0 Å². The van der Waals surface area contributed by atoms with E-state index in [9.17, 15) is 4.39 Å². The summed E-state index contributed by atoms with van der Waals surface area (Å²) >= 11 is 0. The maximum Gasteiger partial charge on any atom is 0.137 e. The Labute approximate surface area is 93.4 Å². The second kappa shape index (κ2) is 3.91. The van der Waals surface area contributed by atoms with E-state index in [0.29, 0.717) is 5.92 Å². The SMILES string of the molecule is Fc1cc(C2CCNCC2)c2occc2c1. The summed E-state index contributed by atoms with van der Waals surface area (Å²) in [5, 5.41) is 4.19. The lowest BCUT2D eigenvalue weighted by atomic mass is 9.89. The Morgan fingerprint density at radius 2 is 2.06 bits per heavy atom. The first-order valence-electron chi connectivity index (χ1n) is 5.72. The van der Waals surface area contributed by atoms with Crippen molar-refractivity contribution in [3.05, 3.63) is 35.8 Å². The van der Waals surface area contributed by atoms with Crippen LogP contribution in [0, 0.1) is 5.82 Å². The highest BCUT2D eigenvalue weighted by Gasteiger charge is 2.19. The van der Waals surface area contributed by atoms with Gasteiger partial charge in [-0.3, -0.25) is 0 Å². The molecule has 1 N–H and O–H groups in total. The number of halogens is 1. The molecule has 0 saturated carbocycles. The van der Waals surface area contributed by atoms with Crippen molar-refractivity contribution < 1.29 is 8.81 Å². The predicted molar refractivity (Wildman–Crippen MR) is 61.0 cm³/mol. The topological polar surface area (TPSA) is 25.2 Å². The third-order valence-electron chi connectivity index (χ3n) is 3.32. The molecule has 1 fully saturated rings. The van der Waals surface area contributed by atoms with Gasteiger partial charge in [0.1, 0.15) is 11.4 Å². The van der Waals surface area contributed by atoms with E-state index >= 15 is 0 Å². The Bertz CT molecular complexity index is 500. The van der Waals surface area contributed by atoms with Crippen molar-refractivity contribution in [2.45, 2.75) is 18.8 Å². The number of benzene rings is 1. The van der Waals surface area contributed by atoms with Gasteiger partial charge >= 0.3 is 0 Å². The van der Waals surface area contributed by atoms with Crippen LogP contribution in [0.25, 0.3) is 11.0 Å². The monoisotopic (exact) mass is 219 g/mol. The molecule has 2 nitrogen and oxygen atoms in total. The minimum Gasteiger partial charge on any atom is -0.464 e. The van der Waals surface area contributed by atoms with Gasteiger partial charge in [0.25, 0.3) is 0 Å². The molecule has 1 aliphatic heterocycles. The van der Waals surface area contributed by atoms with Crippen LogP contribution in [0.4, 0.5) is 4.39 Å². The smallest absolute Gasteiger partial charge is 0.137 e. The molecule has 3 heteroatoms. The van der Waals surface area contributed by atoms with Gasteiger partial charge in [0.05, 0.1) is 6.26 Å². The van der Waals surface area contributed by atoms with Crippen molar-refractivity contribution in [1.29, 1.82) is 0 Å². The largest absolute Gasteiger partial charge is 0.464 e. The predicted octanol–water partition coefficient (Wildman–Crippen LogP) is 3.04. The Morgan fingerprint density at radius 1 is 1.25 bits per heavy atom. The van der Waals surface area contributed by atoms with Gasteiger partial charge in [0, 0.05) is 10.9 Å². The highest BCUT2D eigenvalue weighted by Crippen LogP contribution is 2.32. The van der Waals surface area contributed by atoms with Crippen LogP contribution in [-0.2, 0) is 0 Å². The lowest BCUT2D eigenvalue weighted by molar-refractivity contribution is 0.455. The van der Waals surface area contributed by atoms with Crippen LogP contribution >= 0.6 is 0 Å². The van der Waals surface area contributed by atoms with Crippen LogP contribution in [0.5, 0.6) is 0 Å². The number of nitrogens with one attached hydrogen (secondary N) is 1. The van der Waals surface area contributed by atoms with Gasteiger partial charge < -0.3 is 9.73 Å². The summed E-state index contributed by atoms with van der Waals surface area (Å²) in [6.07, 6.45) is 3.74. The summed E-state index contributed by atoms with van der Waals surface area (Å²) < 4.78 is 18.9. The second-order valence-corrected chi connectivity index (χ2v) is 4.36. The Balaban J connectivity index is 2.09. The van der Waals surface area contributed by atoms with Gasteiger partial charge in [0.2, 0.25) is 0 Å². The quantitative estimate of drug-likeness (QED) is 0.797. The van der Waals surface area contributed by atoms with Crippen LogP contribution in [0.1, 0.15) is 24.3 Å². The lowest BCUT2D eigenvalue weighted by Gasteiger charge is -2.23. The maximum atomic E-state index is 13.5. The number of rotatable bonds is 1. The van der Waals surface area contributed by atoms with Crippen molar-refractivity contribution in [3.8, 4) is 0 Å². The van der Waals surface area contributed by atoms with Crippen LogP contribution < -0.4 is 5.32 Å². The van der Waals surface area contributed by atoms with Crippen LogP contribution in [0.2, 0.25) is 0 Å². The minimum atomic E-state index is -0.164. The number of hydrogen-bond acceptors (Lipinski definition) is 2. The number of hydrogen-bond donors (Lipinski definition) is 1. The molecular formula is C13H14FNO. The first-order chi connectivity index (χ1) is 7.84. The van der Waals surface area contributed by atoms with Gasteiger partial charge in [-0.1, -0.05) is 0 Å². The summed E-state index contributed by atoms with van der Waals surface area (Å²) in [7, 11) is 0. The van der Waals surface area contributed by atoms with E-state index in [2.05, 4.69) is 5.32 Å². The van der Waals surface area contributed by atoms with Gasteiger partial charge in [0.15, 0.2) is 0 Å². The Hall–Kier alpha value is -1.35.